The molecule has 0 radical (unpaired) electrons. The predicted octanol–water partition coefficient (Wildman–Crippen LogP) is 6.85. The zero-order valence-corrected chi connectivity index (χ0v) is 28.6. The highest BCUT2D eigenvalue weighted by Crippen LogP contribution is 2.19. The smallest absolute Gasteiger partial charge is 0.407 e. The number of aliphatic carboxylic acids is 2. The Bertz CT molecular complexity index is 1090. The van der Waals surface area contributed by atoms with E-state index in [-0.39, 0.29) is 30.5 Å². The van der Waals surface area contributed by atoms with Crippen LogP contribution in [-0.4, -0.2) is 64.9 Å². The number of unbranched alkanes of at least 4 members (excludes halogenated alkanes) is 7. The Morgan fingerprint density at radius 1 is 0.761 bits per heavy atom. The molecule has 0 aliphatic rings. The van der Waals surface area contributed by atoms with Gasteiger partial charge in [-0.3, -0.25) is 19.2 Å². The molecule has 0 heterocycles. The molecular weight excluding hydrogens is 657 g/mol. The number of carboxylic acids is 2. The number of carbonyl (C=O) groups is 6. The summed E-state index contributed by atoms with van der Waals surface area (Å²) in [6, 6.07) is 6.27. The number of alkyl carbamates (subject to hydrolysis) is 1. The summed E-state index contributed by atoms with van der Waals surface area (Å²) in [5.41, 5.74) is 0.665. The van der Waals surface area contributed by atoms with Crippen LogP contribution in [0.4, 0.5) is 4.79 Å². The standard InChI is InChI=1S/C34H51BrN2O9/c1-2-13-29(33(43)44)37-34(45)46-23-12-6-11-22-36-31(40)17-10-4-3-8-15-28(38)24-26(32(41)42)14-7-5-9-16-30(39)25-18-20-27(35)21-19-25/h18-21,26,29H,2-17,22-24H2,1H3,(H,36,40)(H,37,45)(H,41,42)(H,43,44)/t26?,29-/m0/s1/i35-3. The maximum Gasteiger partial charge on any atom is 0.407 e. The minimum Gasteiger partial charge on any atom is -0.481 e. The van der Waals surface area contributed by atoms with Gasteiger partial charge in [0, 0.05) is 42.3 Å². The van der Waals surface area contributed by atoms with E-state index in [1.54, 1.807) is 12.1 Å². The van der Waals surface area contributed by atoms with Crippen LogP contribution in [0.2, 0.25) is 0 Å². The van der Waals surface area contributed by atoms with E-state index in [2.05, 4.69) is 26.6 Å². The van der Waals surface area contributed by atoms with Gasteiger partial charge in [-0.25, -0.2) is 9.59 Å². The number of carbonyl (C=O) groups excluding carboxylic acids is 4. The number of amides is 2. The zero-order chi connectivity index (χ0) is 34.2. The van der Waals surface area contributed by atoms with Crippen molar-refractivity contribution in [1.29, 1.82) is 0 Å². The van der Waals surface area contributed by atoms with Crippen LogP contribution in [0.25, 0.3) is 0 Å². The summed E-state index contributed by atoms with van der Waals surface area (Å²) in [4.78, 5) is 71.0. The Balaban J connectivity index is 2.04. The lowest BCUT2D eigenvalue weighted by Gasteiger charge is -2.13. The first-order valence-corrected chi connectivity index (χ1v) is 17.3. The van der Waals surface area contributed by atoms with Crippen LogP contribution in [0.3, 0.4) is 0 Å². The number of ether oxygens (including phenoxy) is 1. The Morgan fingerprint density at radius 2 is 1.39 bits per heavy atom. The Morgan fingerprint density at radius 3 is 2.04 bits per heavy atom. The van der Waals surface area contributed by atoms with Crippen LogP contribution in [0.5, 0.6) is 0 Å². The largest absolute Gasteiger partial charge is 0.481 e. The number of benzene rings is 1. The van der Waals surface area contributed by atoms with Gasteiger partial charge in [-0.15, -0.1) is 0 Å². The molecule has 1 aromatic rings. The SMILES string of the molecule is CCC[C@H](NC(=O)OCCCCCNC(=O)CCCCCCC(=O)CC(CCCCCC(=O)c1ccc([77Br])cc1)C(=O)O)C(=O)O. The number of carboxylic acid groups (broad SMARTS) is 2. The van der Waals surface area contributed by atoms with Gasteiger partial charge in [0.05, 0.1) is 12.5 Å². The van der Waals surface area contributed by atoms with Crippen molar-refractivity contribution in [1.82, 2.24) is 10.6 Å². The molecule has 0 aliphatic heterocycles. The molecule has 1 unspecified atom stereocenters. The van der Waals surface area contributed by atoms with Gasteiger partial charge in [0.15, 0.2) is 5.78 Å². The summed E-state index contributed by atoms with van der Waals surface area (Å²) in [6.45, 7) is 2.53. The summed E-state index contributed by atoms with van der Waals surface area (Å²) >= 11 is 3.35. The second-order valence-electron chi connectivity index (χ2n) is 11.6. The van der Waals surface area contributed by atoms with Crippen molar-refractivity contribution < 1.29 is 43.7 Å². The molecule has 1 rings (SSSR count). The number of hydrogen-bond acceptors (Lipinski definition) is 7. The number of ketones is 2. The summed E-state index contributed by atoms with van der Waals surface area (Å²) in [5.74, 6) is -2.77. The first kappa shape index (κ1) is 40.7. The first-order chi connectivity index (χ1) is 22.0. The van der Waals surface area contributed by atoms with Crippen LogP contribution >= 0.6 is 15.9 Å². The van der Waals surface area contributed by atoms with Crippen molar-refractivity contribution in [2.24, 2.45) is 5.92 Å². The van der Waals surface area contributed by atoms with Crippen molar-refractivity contribution in [2.75, 3.05) is 13.2 Å². The van der Waals surface area contributed by atoms with Crippen LogP contribution in [-0.2, 0) is 23.9 Å². The molecule has 2 atom stereocenters. The Labute approximate surface area is 280 Å². The molecule has 12 heteroatoms. The van der Waals surface area contributed by atoms with E-state index in [1.807, 2.05) is 19.1 Å². The Kier molecular flexibility index (Phi) is 22.0. The number of nitrogens with one attached hydrogen (secondary N) is 2. The molecule has 0 spiro atoms. The van der Waals surface area contributed by atoms with E-state index in [0.29, 0.717) is 82.7 Å². The van der Waals surface area contributed by atoms with E-state index in [0.717, 1.165) is 36.6 Å². The third-order valence-corrected chi connectivity index (χ3v) is 8.13. The highest BCUT2D eigenvalue weighted by Gasteiger charge is 2.21. The van der Waals surface area contributed by atoms with Gasteiger partial charge in [0.25, 0.3) is 0 Å². The number of rotatable bonds is 27. The summed E-state index contributed by atoms with van der Waals surface area (Å²) in [5, 5.41) is 23.8. The minimum atomic E-state index is -1.09. The highest BCUT2D eigenvalue weighted by atomic mass is 76.9. The first-order valence-electron chi connectivity index (χ1n) is 16.5. The fraction of sp³-hybridized carbons (Fsp3) is 0.647. The number of halogens is 1. The van der Waals surface area contributed by atoms with E-state index < -0.39 is 30.0 Å². The normalized spacial score (nSPS) is 12.1. The molecule has 0 bridgehead atoms. The topological polar surface area (TPSA) is 176 Å². The molecule has 0 aliphatic carbocycles. The lowest BCUT2D eigenvalue weighted by atomic mass is 9.93. The second kappa shape index (κ2) is 24.9. The fourth-order valence-electron chi connectivity index (χ4n) is 4.90. The minimum absolute atomic E-state index is 0.0268. The van der Waals surface area contributed by atoms with Gasteiger partial charge in [-0.1, -0.05) is 67.1 Å². The third-order valence-electron chi connectivity index (χ3n) is 7.60. The average molecular weight is 709 g/mol. The lowest BCUT2D eigenvalue weighted by Crippen LogP contribution is -2.41. The van der Waals surface area contributed by atoms with E-state index in [9.17, 15) is 33.9 Å². The monoisotopic (exact) mass is 708 g/mol. The van der Waals surface area contributed by atoms with Crippen molar-refractivity contribution in [3.05, 3.63) is 34.3 Å². The molecule has 1 aromatic carbocycles. The third kappa shape index (κ3) is 20.0. The van der Waals surface area contributed by atoms with Crippen LogP contribution in [0.1, 0.15) is 126 Å². The maximum atomic E-state index is 12.4. The molecule has 4 N–H and O–H groups in total. The molecular formula is C34H51BrN2O9. The van der Waals surface area contributed by atoms with E-state index >= 15 is 0 Å². The molecule has 11 nitrogen and oxygen atoms in total. The molecule has 46 heavy (non-hydrogen) atoms. The molecule has 0 saturated heterocycles. The molecule has 2 amide bonds. The summed E-state index contributed by atoms with van der Waals surface area (Å²) < 4.78 is 5.93. The maximum absolute atomic E-state index is 12.4. The summed E-state index contributed by atoms with van der Waals surface area (Å²) in [7, 11) is 0. The highest BCUT2D eigenvalue weighted by molar-refractivity contribution is 9.10. The number of Topliss-reactive ketones (excluding diaryl/α,β-unsaturated/α-hetero) is 2. The van der Waals surface area contributed by atoms with Crippen molar-refractivity contribution in [2.45, 2.75) is 122 Å². The fourth-order valence-corrected chi connectivity index (χ4v) is 5.16. The quantitative estimate of drug-likeness (QED) is 0.0563. The van der Waals surface area contributed by atoms with Crippen molar-refractivity contribution in [3.63, 3.8) is 0 Å². The predicted molar refractivity (Wildman–Crippen MR) is 178 cm³/mol. The average Bonchev–Trinajstić information content (AvgIpc) is 3.01. The zero-order valence-electron chi connectivity index (χ0n) is 27.0. The van der Waals surface area contributed by atoms with Crippen LogP contribution < -0.4 is 10.6 Å². The van der Waals surface area contributed by atoms with Gasteiger partial charge in [-0.2, -0.15) is 0 Å². The van der Waals surface area contributed by atoms with Gasteiger partial charge in [-0.05, 0) is 63.5 Å². The van der Waals surface area contributed by atoms with Crippen molar-refractivity contribution in [3.8, 4) is 0 Å². The lowest BCUT2D eigenvalue weighted by molar-refractivity contribution is -0.144. The van der Waals surface area contributed by atoms with Gasteiger partial charge < -0.3 is 25.6 Å². The van der Waals surface area contributed by atoms with Gasteiger partial charge in [0.2, 0.25) is 5.91 Å². The second-order valence-corrected chi connectivity index (χ2v) is 12.5. The van der Waals surface area contributed by atoms with Gasteiger partial charge >= 0.3 is 18.0 Å². The van der Waals surface area contributed by atoms with Crippen molar-refractivity contribution >= 4 is 51.4 Å². The van der Waals surface area contributed by atoms with Crippen LogP contribution in [0, 0.1) is 5.92 Å². The Hall–Kier alpha value is -3.28. The van der Waals surface area contributed by atoms with Crippen LogP contribution in [0.15, 0.2) is 28.7 Å². The van der Waals surface area contributed by atoms with Gasteiger partial charge in [0.1, 0.15) is 11.8 Å². The van der Waals surface area contributed by atoms with E-state index in [4.69, 9.17) is 9.84 Å². The molecule has 0 fully saturated rings. The molecule has 258 valence electrons. The molecule has 0 saturated carbocycles. The number of hydrogen-bond donors (Lipinski definition) is 4. The van der Waals surface area contributed by atoms with E-state index in [1.165, 1.54) is 0 Å². The molecule has 0 aromatic heterocycles. The summed E-state index contributed by atoms with van der Waals surface area (Å²) in [6.07, 6.45) is 8.95.